The number of nitro benzene ring substituents is 1. The zero-order chi connectivity index (χ0) is 15.4. The fraction of sp³-hybridized carbons (Fsp3) is 0.0769. The van der Waals surface area contributed by atoms with E-state index in [1.807, 2.05) is 0 Å². The van der Waals surface area contributed by atoms with Crippen LogP contribution in [0.4, 0.5) is 25.8 Å². The van der Waals surface area contributed by atoms with E-state index in [-0.39, 0.29) is 29.2 Å². The molecule has 0 bridgehead atoms. The van der Waals surface area contributed by atoms with Gasteiger partial charge in [-0.1, -0.05) is 12.1 Å². The van der Waals surface area contributed by atoms with E-state index in [9.17, 15) is 18.9 Å². The maximum atomic E-state index is 13.5. The minimum atomic E-state index is -0.724. The lowest BCUT2D eigenvalue weighted by Gasteiger charge is -2.10. The van der Waals surface area contributed by atoms with Crippen LogP contribution in [0, 0.1) is 21.7 Å². The number of benzene rings is 2. The maximum Gasteiger partial charge on any atom is 0.316 e. The second kappa shape index (κ2) is 6.14. The quantitative estimate of drug-likeness (QED) is 0.448. The van der Waals surface area contributed by atoms with Crippen LogP contribution in [0.5, 0.6) is 0 Å². The van der Waals surface area contributed by atoms with Gasteiger partial charge in [-0.3, -0.25) is 16.0 Å². The number of rotatable bonds is 5. The topological polar surface area (TPSA) is 93.2 Å². The Morgan fingerprint density at radius 3 is 2.52 bits per heavy atom. The average Bonchev–Trinajstić information content (AvgIpc) is 2.45. The molecule has 2 rings (SSSR count). The predicted molar refractivity (Wildman–Crippen MR) is 74.6 cm³/mol. The number of hydrazine groups is 1. The monoisotopic (exact) mass is 294 g/mol. The summed E-state index contributed by atoms with van der Waals surface area (Å²) in [6.45, 7) is -0.0268. The van der Waals surface area contributed by atoms with Crippen molar-refractivity contribution in [2.24, 2.45) is 5.84 Å². The lowest BCUT2D eigenvalue weighted by atomic mass is 10.2. The molecule has 0 saturated heterocycles. The first kappa shape index (κ1) is 14.7. The predicted octanol–water partition coefficient (Wildman–Crippen LogP) is 2.77. The summed E-state index contributed by atoms with van der Waals surface area (Å²) in [5, 5.41) is 13.8. The van der Waals surface area contributed by atoms with Crippen molar-refractivity contribution in [2.45, 2.75) is 6.54 Å². The molecule has 0 atom stereocenters. The molecule has 8 heteroatoms. The molecule has 0 aliphatic rings. The molecule has 21 heavy (non-hydrogen) atoms. The Labute approximate surface area is 118 Å². The van der Waals surface area contributed by atoms with Gasteiger partial charge in [0.05, 0.1) is 4.92 Å². The first-order chi connectivity index (χ1) is 10.0. The van der Waals surface area contributed by atoms with Crippen LogP contribution in [0.15, 0.2) is 36.4 Å². The van der Waals surface area contributed by atoms with Crippen molar-refractivity contribution in [3.05, 3.63) is 63.7 Å². The van der Waals surface area contributed by atoms with E-state index in [0.717, 1.165) is 12.1 Å². The number of para-hydroxylation sites is 1. The summed E-state index contributed by atoms with van der Waals surface area (Å²) >= 11 is 0. The Morgan fingerprint density at radius 1 is 1.19 bits per heavy atom. The average molecular weight is 294 g/mol. The van der Waals surface area contributed by atoms with Crippen molar-refractivity contribution in [1.82, 2.24) is 0 Å². The van der Waals surface area contributed by atoms with Crippen molar-refractivity contribution in [2.75, 3.05) is 10.7 Å². The van der Waals surface area contributed by atoms with Crippen molar-refractivity contribution < 1.29 is 13.7 Å². The fourth-order valence-electron chi connectivity index (χ4n) is 1.85. The number of hydrogen-bond donors (Lipinski definition) is 3. The summed E-state index contributed by atoms with van der Waals surface area (Å²) in [7, 11) is 0. The number of nitro groups is 1. The Balaban J connectivity index is 2.26. The lowest BCUT2D eigenvalue weighted by Crippen LogP contribution is -2.11. The van der Waals surface area contributed by atoms with Crippen LogP contribution in [0.25, 0.3) is 0 Å². The van der Waals surface area contributed by atoms with E-state index in [2.05, 4.69) is 10.7 Å². The normalized spacial score (nSPS) is 10.2. The number of nitrogens with zero attached hydrogens (tertiary/aromatic N) is 1. The minimum absolute atomic E-state index is 0.0268. The summed E-state index contributed by atoms with van der Waals surface area (Å²) in [6, 6.07) is 7.62. The molecule has 0 aromatic heterocycles. The van der Waals surface area contributed by atoms with E-state index in [1.54, 1.807) is 6.07 Å². The van der Waals surface area contributed by atoms with Gasteiger partial charge < -0.3 is 10.7 Å². The Bertz CT molecular complexity index is 679. The standard InChI is InChI=1S/C13H12F2N4O2/c14-9-5-4-8(10(15)6-9)7-17-11-2-1-3-12(18-16)13(11)19(20)21/h1-6,17-18H,7,16H2. The summed E-state index contributed by atoms with van der Waals surface area (Å²) < 4.78 is 26.3. The number of halogens is 2. The smallest absolute Gasteiger partial charge is 0.316 e. The van der Waals surface area contributed by atoms with Crippen molar-refractivity contribution in [3.63, 3.8) is 0 Å². The largest absolute Gasteiger partial charge is 0.375 e. The van der Waals surface area contributed by atoms with Gasteiger partial charge >= 0.3 is 5.69 Å². The molecule has 4 N–H and O–H groups in total. The first-order valence-corrected chi connectivity index (χ1v) is 5.94. The minimum Gasteiger partial charge on any atom is -0.375 e. The SMILES string of the molecule is NNc1cccc(NCc2ccc(F)cc2F)c1[N+](=O)[O-]. The zero-order valence-electron chi connectivity index (χ0n) is 10.8. The molecule has 0 radical (unpaired) electrons. The number of nitrogen functional groups attached to an aromatic ring is 1. The van der Waals surface area contributed by atoms with Crippen LogP contribution < -0.4 is 16.6 Å². The molecule has 0 aliphatic heterocycles. The van der Waals surface area contributed by atoms with E-state index >= 15 is 0 Å². The summed E-state index contributed by atoms with van der Waals surface area (Å²) in [6.07, 6.45) is 0. The second-order valence-corrected chi connectivity index (χ2v) is 4.19. The third-order valence-electron chi connectivity index (χ3n) is 2.86. The van der Waals surface area contributed by atoms with Crippen molar-refractivity contribution in [3.8, 4) is 0 Å². The van der Waals surface area contributed by atoms with Gasteiger partial charge in [0, 0.05) is 18.2 Å². The van der Waals surface area contributed by atoms with Gasteiger partial charge in [0.1, 0.15) is 23.0 Å². The Morgan fingerprint density at radius 2 is 1.90 bits per heavy atom. The van der Waals surface area contributed by atoms with Gasteiger partial charge in [-0.15, -0.1) is 0 Å². The summed E-state index contributed by atoms with van der Waals surface area (Å²) in [5.74, 6) is 3.81. The molecule has 2 aromatic carbocycles. The summed E-state index contributed by atoms with van der Waals surface area (Å²) in [5.41, 5.74) is 2.48. The summed E-state index contributed by atoms with van der Waals surface area (Å²) in [4.78, 5) is 10.5. The number of nitrogens with two attached hydrogens (primary N) is 1. The van der Waals surface area contributed by atoms with E-state index < -0.39 is 16.6 Å². The van der Waals surface area contributed by atoms with Gasteiger partial charge in [-0.25, -0.2) is 8.78 Å². The van der Waals surface area contributed by atoms with Gasteiger partial charge in [0.15, 0.2) is 0 Å². The molecule has 0 fully saturated rings. The van der Waals surface area contributed by atoms with Crippen LogP contribution in [0.1, 0.15) is 5.56 Å². The molecule has 0 heterocycles. The van der Waals surface area contributed by atoms with E-state index in [1.165, 1.54) is 18.2 Å². The zero-order valence-corrected chi connectivity index (χ0v) is 10.8. The highest BCUT2D eigenvalue weighted by Gasteiger charge is 2.19. The molecule has 0 saturated carbocycles. The molecular weight excluding hydrogens is 282 g/mol. The maximum absolute atomic E-state index is 13.5. The molecule has 6 nitrogen and oxygen atoms in total. The number of hydrogen-bond acceptors (Lipinski definition) is 5. The highest BCUT2D eigenvalue weighted by Crippen LogP contribution is 2.32. The highest BCUT2D eigenvalue weighted by atomic mass is 19.1. The third-order valence-corrected chi connectivity index (χ3v) is 2.86. The highest BCUT2D eigenvalue weighted by molar-refractivity contribution is 5.75. The Kier molecular flexibility index (Phi) is 4.29. The molecule has 0 amide bonds. The number of anilines is 2. The molecule has 2 aromatic rings. The van der Waals surface area contributed by atoms with Gasteiger partial charge in [0.2, 0.25) is 0 Å². The molecule has 0 spiro atoms. The van der Waals surface area contributed by atoms with Crippen LogP contribution in [0.3, 0.4) is 0 Å². The Hall–Kier alpha value is -2.74. The van der Waals surface area contributed by atoms with Crippen LogP contribution in [0.2, 0.25) is 0 Å². The van der Waals surface area contributed by atoms with Gasteiger partial charge in [0.25, 0.3) is 0 Å². The fourth-order valence-corrected chi connectivity index (χ4v) is 1.85. The molecule has 110 valence electrons. The van der Waals surface area contributed by atoms with Gasteiger partial charge in [-0.05, 0) is 18.2 Å². The first-order valence-electron chi connectivity index (χ1n) is 5.94. The van der Waals surface area contributed by atoms with Crippen LogP contribution >= 0.6 is 0 Å². The molecular formula is C13H12F2N4O2. The molecule has 0 aliphatic carbocycles. The van der Waals surface area contributed by atoms with Crippen LogP contribution in [-0.4, -0.2) is 4.92 Å². The molecule has 0 unspecified atom stereocenters. The van der Waals surface area contributed by atoms with E-state index in [4.69, 9.17) is 5.84 Å². The third kappa shape index (κ3) is 3.23. The van der Waals surface area contributed by atoms with Crippen molar-refractivity contribution in [1.29, 1.82) is 0 Å². The van der Waals surface area contributed by atoms with E-state index in [0.29, 0.717) is 0 Å². The second-order valence-electron chi connectivity index (χ2n) is 4.19. The van der Waals surface area contributed by atoms with Gasteiger partial charge in [-0.2, -0.15) is 0 Å². The van der Waals surface area contributed by atoms with Crippen molar-refractivity contribution >= 4 is 17.1 Å². The van der Waals surface area contributed by atoms with Crippen LogP contribution in [-0.2, 0) is 6.54 Å². The lowest BCUT2D eigenvalue weighted by molar-refractivity contribution is -0.383. The number of nitrogens with one attached hydrogen (secondary N) is 2.